The fourth-order valence-electron chi connectivity index (χ4n) is 3.74. The van der Waals surface area contributed by atoms with Crippen LogP contribution in [0.5, 0.6) is 0 Å². The van der Waals surface area contributed by atoms with E-state index in [-0.39, 0.29) is 0 Å². The molecular formula is C21H30ClN5. The van der Waals surface area contributed by atoms with Gasteiger partial charge in [-0.3, -0.25) is 4.99 Å². The quantitative estimate of drug-likeness (QED) is 0.629. The highest BCUT2D eigenvalue weighted by atomic mass is 35.5. The molecule has 0 spiro atoms. The van der Waals surface area contributed by atoms with Gasteiger partial charge in [0.2, 0.25) is 0 Å². The minimum Gasteiger partial charge on any atom is -0.371 e. The summed E-state index contributed by atoms with van der Waals surface area (Å²) in [5.74, 6) is 1.54. The fourth-order valence-corrected chi connectivity index (χ4v) is 3.91. The van der Waals surface area contributed by atoms with Gasteiger partial charge in [-0.05, 0) is 49.1 Å². The minimum atomic E-state index is 0.601. The minimum absolute atomic E-state index is 0.601. The van der Waals surface area contributed by atoms with E-state index in [0.29, 0.717) is 5.92 Å². The van der Waals surface area contributed by atoms with Gasteiger partial charge in [0.05, 0.1) is 6.54 Å². The summed E-state index contributed by atoms with van der Waals surface area (Å²) < 4.78 is 2.14. The molecule has 1 saturated heterocycles. The Kier molecular flexibility index (Phi) is 6.32. The van der Waals surface area contributed by atoms with E-state index in [0.717, 1.165) is 37.2 Å². The number of rotatable bonds is 5. The molecule has 1 unspecified atom stereocenters. The number of nitrogens with zero attached hydrogens (tertiary/aromatic N) is 4. The zero-order chi connectivity index (χ0) is 19.4. The van der Waals surface area contributed by atoms with Crippen molar-refractivity contribution in [2.24, 2.45) is 18.0 Å². The molecule has 0 saturated carbocycles. The lowest BCUT2D eigenvalue weighted by Crippen LogP contribution is -2.41. The van der Waals surface area contributed by atoms with Crippen LogP contribution in [0.1, 0.15) is 17.7 Å². The molecule has 0 amide bonds. The van der Waals surface area contributed by atoms with Crippen molar-refractivity contribution in [3.8, 4) is 0 Å². The Hall–Kier alpha value is -2.14. The van der Waals surface area contributed by atoms with Gasteiger partial charge in [-0.2, -0.15) is 0 Å². The molecule has 146 valence electrons. The summed E-state index contributed by atoms with van der Waals surface area (Å²) in [5.41, 5.74) is 3.81. The van der Waals surface area contributed by atoms with Crippen LogP contribution in [0.2, 0.25) is 5.02 Å². The first-order valence-electron chi connectivity index (χ1n) is 9.51. The standard InChI is InChI=1S/C21H30ClN5/c1-16-7-8-18(22)12-20(16)27-11-9-17(14-27)13-24-21(23-2)26(4)15-19-6-5-10-25(19)3/h5-8,10,12,17H,9,11,13-15H2,1-4H3,(H,23,24). The van der Waals surface area contributed by atoms with Crippen molar-refractivity contribution in [2.45, 2.75) is 19.9 Å². The van der Waals surface area contributed by atoms with Crippen LogP contribution < -0.4 is 10.2 Å². The SMILES string of the molecule is CN=C(NCC1CCN(c2cc(Cl)ccc2C)C1)N(C)Cc1cccn1C. The van der Waals surface area contributed by atoms with E-state index in [9.17, 15) is 0 Å². The number of benzene rings is 1. The van der Waals surface area contributed by atoms with Crippen LogP contribution in [-0.4, -0.2) is 49.2 Å². The maximum atomic E-state index is 6.20. The molecule has 1 aliphatic rings. The average Bonchev–Trinajstić information content (AvgIpc) is 3.27. The Morgan fingerprint density at radius 2 is 2.19 bits per heavy atom. The smallest absolute Gasteiger partial charge is 0.193 e. The van der Waals surface area contributed by atoms with Gasteiger partial charge >= 0.3 is 0 Å². The van der Waals surface area contributed by atoms with Gasteiger partial charge < -0.3 is 19.7 Å². The Bertz CT molecular complexity index is 798. The van der Waals surface area contributed by atoms with Crippen molar-refractivity contribution in [3.63, 3.8) is 0 Å². The predicted molar refractivity (Wildman–Crippen MR) is 115 cm³/mol. The molecule has 1 aliphatic heterocycles. The Balaban J connectivity index is 1.53. The molecule has 6 heteroatoms. The Labute approximate surface area is 167 Å². The van der Waals surface area contributed by atoms with Crippen molar-refractivity contribution >= 4 is 23.2 Å². The summed E-state index contributed by atoms with van der Waals surface area (Å²) in [7, 11) is 6.00. The molecule has 2 heterocycles. The highest BCUT2D eigenvalue weighted by Crippen LogP contribution is 2.29. The zero-order valence-electron chi connectivity index (χ0n) is 16.7. The van der Waals surface area contributed by atoms with Crippen LogP contribution in [0.3, 0.4) is 0 Å². The van der Waals surface area contributed by atoms with Gasteiger partial charge in [0, 0.05) is 63.4 Å². The van der Waals surface area contributed by atoms with Crippen LogP contribution in [-0.2, 0) is 13.6 Å². The predicted octanol–water partition coefficient (Wildman–Crippen LogP) is 3.52. The van der Waals surface area contributed by atoms with Gasteiger partial charge in [0.25, 0.3) is 0 Å². The van der Waals surface area contributed by atoms with E-state index in [1.54, 1.807) is 0 Å². The number of aliphatic imine (C=N–C) groups is 1. The van der Waals surface area contributed by atoms with E-state index in [1.165, 1.54) is 23.4 Å². The molecular weight excluding hydrogens is 358 g/mol. The van der Waals surface area contributed by atoms with Crippen molar-refractivity contribution < 1.29 is 0 Å². The van der Waals surface area contributed by atoms with Gasteiger partial charge in [-0.15, -0.1) is 0 Å². The molecule has 3 rings (SSSR count). The first kappa shape index (κ1) is 19.6. The first-order chi connectivity index (χ1) is 13.0. The molecule has 1 N–H and O–H groups in total. The summed E-state index contributed by atoms with van der Waals surface area (Å²) in [4.78, 5) is 9.07. The average molecular weight is 388 g/mol. The third-order valence-electron chi connectivity index (χ3n) is 5.37. The van der Waals surface area contributed by atoms with Crippen molar-refractivity contribution in [1.29, 1.82) is 0 Å². The van der Waals surface area contributed by atoms with Crippen molar-refractivity contribution in [3.05, 3.63) is 52.8 Å². The zero-order valence-corrected chi connectivity index (χ0v) is 17.5. The second kappa shape index (κ2) is 8.70. The molecule has 1 atom stereocenters. The largest absolute Gasteiger partial charge is 0.371 e. The van der Waals surface area contributed by atoms with Crippen molar-refractivity contribution in [2.75, 3.05) is 38.6 Å². The van der Waals surface area contributed by atoms with Crippen LogP contribution in [0.4, 0.5) is 5.69 Å². The third-order valence-corrected chi connectivity index (χ3v) is 5.61. The summed E-state index contributed by atoms with van der Waals surface area (Å²) in [6, 6.07) is 10.4. The van der Waals surface area contributed by atoms with E-state index in [1.807, 2.05) is 13.1 Å². The topological polar surface area (TPSA) is 35.8 Å². The molecule has 0 radical (unpaired) electrons. The van der Waals surface area contributed by atoms with E-state index >= 15 is 0 Å². The molecule has 5 nitrogen and oxygen atoms in total. The van der Waals surface area contributed by atoms with Crippen molar-refractivity contribution in [1.82, 2.24) is 14.8 Å². The maximum absolute atomic E-state index is 6.20. The third kappa shape index (κ3) is 4.78. The lowest BCUT2D eigenvalue weighted by molar-refractivity contribution is 0.450. The van der Waals surface area contributed by atoms with Gasteiger partial charge in [0.1, 0.15) is 0 Å². The number of anilines is 1. The second-order valence-corrected chi connectivity index (χ2v) is 7.86. The second-order valence-electron chi connectivity index (χ2n) is 7.43. The van der Waals surface area contributed by atoms with Crippen LogP contribution >= 0.6 is 11.6 Å². The summed E-state index contributed by atoms with van der Waals surface area (Å²) in [6.45, 7) is 6.04. The molecule has 0 aliphatic carbocycles. The number of aryl methyl sites for hydroxylation is 2. The Morgan fingerprint density at radius 3 is 2.89 bits per heavy atom. The number of hydrogen-bond donors (Lipinski definition) is 1. The fraction of sp³-hybridized carbons (Fsp3) is 0.476. The van der Waals surface area contributed by atoms with E-state index < -0.39 is 0 Å². The first-order valence-corrected chi connectivity index (χ1v) is 9.89. The highest BCUT2D eigenvalue weighted by Gasteiger charge is 2.24. The Morgan fingerprint density at radius 1 is 1.37 bits per heavy atom. The summed E-state index contributed by atoms with van der Waals surface area (Å²) >= 11 is 6.20. The highest BCUT2D eigenvalue weighted by molar-refractivity contribution is 6.30. The molecule has 1 aromatic heterocycles. The molecule has 0 bridgehead atoms. The lowest BCUT2D eigenvalue weighted by Gasteiger charge is -2.24. The number of aromatic nitrogens is 1. The lowest BCUT2D eigenvalue weighted by atomic mass is 10.1. The van der Waals surface area contributed by atoms with Crippen LogP contribution in [0, 0.1) is 12.8 Å². The molecule has 1 fully saturated rings. The number of nitrogens with one attached hydrogen (secondary N) is 1. The van der Waals surface area contributed by atoms with E-state index in [2.05, 4.69) is 76.2 Å². The monoisotopic (exact) mass is 387 g/mol. The van der Waals surface area contributed by atoms with Gasteiger partial charge in [-0.25, -0.2) is 0 Å². The maximum Gasteiger partial charge on any atom is 0.193 e. The number of halogens is 1. The normalized spacial score (nSPS) is 17.4. The van der Waals surface area contributed by atoms with Crippen LogP contribution in [0.25, 0.3) is 0 Å². The summed E-state index contributed by atoms with van der Waals surface area (Å²) in [6.07, 6.45) is 3.25. The molecule has 2 aromatic rings. The van der Waals surface area contributed by atoms with Gasteiger partial charge in [0.15, 0.2) is 5.96 Å². The van der Waals surface area contributed by atoms with Gasteiger partial charge in [-0.1, -0.05) is 17.7 Å². The van der Waals surface area contributed by atoms with Crippen LogP contribution in [0.15, 0.2) is 41.5 Å². The number of hydrogen-bond acceptors (Lipinski definition) is 2. The molecule has 1 aromatic carbocycles. The van der Waals surface area contributed by atoms with E-state index in [4.69, 9.17) is 11.6 Å². The summed E-state index contributed by atoms with van der Waals surface area (Å²) in [5, 5.41) is 4.36. The molecule has 27 heavy (non-hydrogen) atoms. The number of guanidine groups is 1.